The van der Waals surface area contributed by atoms with Gasteiger partial charge in [-0.2, -0.15) is 0 Å². The van der Waals surface area contributed by atoms with Gasteiger partial charge in [-0.3, -0.25) is 14.2 Å². The van der Waals surface area contributed by atoms with Crippen molar-refractivity contribution in [2.75, 3.05) is 6.61 Å². The van der Waals surface area contributed by atoms with Crippen LogP contribution in [-0.2, 0) is 26.2 Å². The summed E-state index contributed by atoms with van der Waals surface area (Å²) in [5.41, 5.74) is 0.503. The van der Waals surface area contributed by atoms with Crippen molar-refractivity contribution in [1.29, 1.82) is 0 Å². The Morgan fingerprint density at radius 2 is 1.91 bits per heavy atom. The Morgan fingerprint density at radius 3 is 2.48 bits per heavy atom. The number of ether oxygens (including phenoxy) is 1. The van der Waals surface area contributed by atoms with E-state index < -0.39 is 53.0 Å². The molecule has 0 bridgehead atoms. The molecule has 2 aliphatic heterocycles. The standard InChI is InChI=1S/C23H26N2O8/c1-10(26)15-17-12(9-32-21(30)23(2,3)4)16(18(20(28)29)25(17)19(15)27)11-6-7-13-14(8-11)33-22(31)24(13)5/h6-8,10,12,15,17,26H,9H2,1-5H3,(H,28,29)/t10-,12?,15-,17-/m1/s1. The smallest absolute Gasteiger partial charge is 0.419 e. The predicted molar refractivity (Wildman–Crippen MR) is 116 cm³/mol. The fourth-order valence-electron chi connectivity index (χ4n) is 4.62. The van der Waals surface area contributed by atoms with E-state index in [0.29, 0.717) is 16.7 Å². The molecule has 2 N–H and O–H groups in total. The molecule has 176 valence electrons. The lowest BCUT2D eigenvalue weighted by atomic mass is 9.76. The quantitative estimate of drug-likeness (QED) is 0.506. The summed E-state index contributed by atoms with van der Waals surface area (Å²) in [5.74, 6) is -4.36. The molecule has 2 aromatic rings. The van der Waals surface area contributed by atoms with Crippen molar-refractivity contribution in [1.82, 2.24) is 9.47 Å². The van der Waals surface area contributed by atoms with Crippen LogP contribution in [0.15, 0.2) is 33.1 Å². The molecular weight excluding hydrogens is 432 g/mol. The molecule has 4 atom stereocenters. The lowest BCUT2D eigenvalue weighted by Crippen LogP contribution is -2.64. The molecular formula is C23H26N2O8. The zero-order valence-corrected chi connectivity index (χ0v) is 19.0. The molecule has 33 heavy (non-hydrogen) atoms. The molecule has 10 nitrogen and oxygen atoms in total. The monoisotopic (exact) mass is 458 g/mol. The number of esters is 1. The largest absolute Gasteiger partial charge is 0.477 e. The average molecular weight is 458 g/mol. The highest BCUT2D eigenvalue weighted by molar-refractivity contribution is 6.07. The second-order valence-electron chi connectivity index (χ2n) is 9.60. The second kappa shape index (κ2) is 7.58. The fourth-order valence-corrected chi connectivity index (χ4v) is 4.62. The van der Waals surface area contributed by atoms with Gasteiger partial charge in [0.2, 0.25) is 5.91 Å². The molecule has 1 fully saturated rings. The van der Waals surface area contributed by atoms with Crippen molar-refractivity contribution in [3.8, 4) is 0 Å². The number of carboxylic acid groups (broad SMARTS) is 1. The van der Waals surface area contributed by atoms with Gasteiger partial charge in [-0.15, -0.1) is 0 Å². The van der Waals surface area contributed by atoms with Gasteiger partial charge in [0, 0.05) is 13.0 Å². The van der Waals surface area contributed by atoms with E-state index >= 15 is 0 Å². The number of fused-ring (bicyclic) bond motifs is 2. The van der Waals surface area contributed by atoms with Gasteiger partial charge < -0.3 is 24.3 Å². The Balaban J connectivity index is 1.85. The van der Waals surface area contributed by atoms with Gasteiger partial charge in [0.05, 0.1) is 29.0 Å². The number of aromatic nitrogens is 1. The minimum atomic E-state index is -1.31. The first-order chi connectivity index (χ1) is 15.3. The molecule has 0 radical (unpaired) electrons. The highest BCUT2D eigenvalue weighted by Crippen LogP contribution is 2.51. The van der Waals surface area contributed by atoms with Gasteiger partial charge >= 0.3 is 17.7 Å². The molecule has 1 amide bonds. The summed E-state index contributed by atoms with van der Waals surface area (Å²) in [7, 11) is 1.55. The summed E-state index contributed by atoms with van der Waals surface area (Å²) in [6.07, 6.45) is -1.01. The van der Waals surface area contributed by atoms with E-state index in [4.69, 9.17) is 9.15 Å². The van der Waals surface area contributed by atoms with Crippen molar-refractivity contribution < 1.29 is 33.8 Å². The van der Waals surface area contributed by atoms with Crippen LogP contribution in [-0.4, -0.2) is 56.3 Å². The van der Waals surface area contributed by atoms with E-state index in [2.05, 4.69) is 0 Å². The fraction of sp³-hybridized carbons (Fsp3) is 0.478. The summed E-state index contributed by atoms with van der Waals surface area (Å²) in [6.45, 7) is 6.41. The Hall–Kier alpha value is -3.40. The van der Waals surface area contributed by atoms with Crippen molar-refractivity contribution in [2.24, 2.45) is 24.3 Å². The van der Waals surface area contributed by atoms with Gasteiger partial charge in [-0.1, -0.05) is 6.07 Å². The number of aliphatic hydroxyl groups is 1. The number of nitrogens with zero attached hydrogens (tertiary/aromatic N) is 2. The van der Waals surface area contributed by atoms with Crippen LogP contribution < -0.4 is 5.76 Å². The van der Waals surface area contributed by atoms with E-state index in [1.54, 1.807) is 46.0 Å². The predicted octanol–water partition coefficient (Wildman–Crippen LogP) is 1.35. The van der Waals surface area contributed by atoms with Crippen molar-refractivity contribution in [2.45, 2.75) is 39.8 Å². The van der Waals surface area contributed by atoms with Crippen LogP contribution in [0.2, 0.25) is 0 Å². The minimum absolute atomic E-state index is 0.170. The molecule has 0 saturated carbocycles. The molecule has 1 aromatic carbocycles. The molecule has 4 rings (SSSR count). The summed E-state index contributed by atoms with van der Waals surface area (Å²) < 4.78 is 12.1. The maximum absolute atomic E-state index is 12.8. The number of amides is 1. The van der Waals surface area contributed by atoms with Crippen LogP contribution in [0.5, 0.6) is 0 Å². The highest BCUT2D eigenvalue weighted by atomic mass is 16.5. The summed E-state index contributed by atoms with van der Waals surface area (Å²) in [5, 5.41) is 20.2. The maximum Gasteiger partial charge on any atom is 0.419 e. The van der Waals surface area contributed by atoms with Gasteiger partial charge in [-0.25, -0.2) is 9.59 Å². The van der Waals surface area contributed by atoms with E-state index in [-0.39, 0.29) is 17.9 Å². The zero-order chi connectivity index (χ0) is 24.4. The molecule has 10 heteroatoms. The number of rotatable bonds is 5. The summed E-state index contributed by atoms with van der Waals surface area (Å²) in [4.78, 5) is 50.6. The number of hydrogen-bond donors (Lipinski definition) is 2. The molecule has 0 aliphatic carbocycles. The van der Waals surface area contributed by atoms with Crippen LogP contribution in [0, 0.1) is 17.3 Å². The number of carboxylic acids is 1. The van der Waals surface area contributed by atoms with Crippen molar-refractivity contribution in [3.05, 3.63) is 40.0 Å². The van der Waals surface area contributed by atoms with Gasteiger partial charge in [0.25, 0.3) is 0 Å². The van der Waals surface area contributed by atoms with Crippen LogP contribution in [0.4, 0.5) is 0 Å². The molecule has 3 heterocycles. The number of aryl methyl sites for hydroxylation is 1. The number of aliphatic hydroxyl groups excluding tert-OH is 1. The summed E-state index contributed by atoms with van der Waals surface area (Å²) in [6, 6.07) is 4.14. The Labute approximate surface area is 189 Å². The SMILES string of the molecule is C[C@@H](O)[C@H]1C(=O)N2C(C(=O)O)=C(c3ccc4c(c3)oc(=O)n4C)C(COC(=O)C(C)(C)C)[C@H]12. The topological polar surface area (TPSA) is 139 Å². The van der Waals surface area contributed by atoms with E-state index in [1.807, 2.05) is 0 Å². The molecule has 1 unspecified atom stereocenters. The number of carbonyl (C=O) groups is 3. The molecule has 1 aromatic heterocycles. The average Bonchev–Trinajstić information content (AvgIpc) is 3.16. The number of aliphatic carboxylic acids is 1. The molecule has 1 saturated heterocycles. The molecule has 0 spiro atoms. The lowest BCUT2D eigenvalue weighted by molar-refractivity contribution is -0.166. The zero-order valence-electron chi connectivity index (χ0n) is 19.0. The van der Waals surface area contributed by atoms with Gasteiger partial charge in [0.15, 0.2) is 5.58 Å². The first-order valence-corrected chi connectivity index (χ1v) is 10.6. The summed E-state index contributed by atoms with van der Waals surface area (Å²) >= 11 is 0. The van der Waals surface area contributed by atoms with E-state index in [9.17, 15) is 29.4 Å². The van der Waals surface area contributed by atoms with Crippen LogP contribution in [0.1, 0.15) is 33.3 Å². The minimum Gasteiger partial charge on any atom is -0.477 e. The number of benzene rings is 1. The first-order valence-electron chi connectivity index (χ1n) is 10.6. The van der Waals surface area contributed by atoms with Crippen LogP contribution in [0.25, 0.3) is 16.7 Å². The lowest BCUT2D eigenvalue weighted by Gasteiger charge is -2.46. The third-order valence-corrected chi connectivity index (χ3v) is 6.30. The van der Waals surface area contributed by atoms with Crippen LogP contribution >= 0.6 is 0 Å². The van der Waals surface area contributed by atoms with Crippen molar-refractivity contribution >= 4 is 34.5 Å². The number of hydrogen-bond acceptors (Lipinski definition) is 7. The normalized spacial score (nSPS) is 23.5. The van der Waals surface area contributed by atoms with Gasteiger partial charge in [-0.05, 0) is 51.0 Å². The van der Waals surface area contributed by atoms with E-state index in [1.165, 1.54) is 11.5 Å². The number of β-lactam (4-membered cyclic amide) rings is 1. The Morgan fingerprint density at radius 1 is 1.24 bits per heavy atom. The highest BCUT2D eigenvalue weighted by Gasteiger charge is 2.61. The maximum atomic E-state index is 12.8. The first kappa shape index (κ1) is 22.8. The van der Waals surface area contributed by atoms with Crippen molar-refractivity contribution in [3.63, 3.8) is 0 Å². The van der Waals surface area contributed by atoms with Gasteiger partial charge in [0.1, 0.15) is 12.3 Å². The number of oxazole rings is 1. The third kappa shape index (κ3) is 3.45. The third-order valence-electron chi connectivity index (χ3n) is 6.30. The van der Waals surface area contributed by atoms with E-state index in [0.717, 1.165) is 4.90 Å². The Kier molecular flexibility index (Phi) is 5.24. The van der Waals surface area contributed by atoms with Crippen LogP contribution in [0.3, 0.4) is 0 Å². The Bertz CT molecular complexity index is 1260. The molecule has 2 aliphatic rings. The number of carbonyl (C=O) groups excluding carboxylic acids is 2. The second-order valence-corrected chi connectivity index (χ2v) is 9.60.